The Kier molecular flexibility index (Phi) is 5.56. The molecule has 1 aliphatic heterocycles. The molecule has 2 N–H and O–H groups in total. The lowest BCUT2D eigenvalue weighted by Crippen LogP contribution is -2.70. The standard InChI is InChI=1S/C15H16ClN3O7/c1-24-11(20)7-15(13(22)25-2)17-10-5-4-8(16)6-9(10)12(21)19(15)18-14(23)26-3/h4-6,17H,7H2,1-3H3,(H,18,23). The summed E-state index contributed by atoms with van der Waals surface area (Å²) in [5, 5.41) is 3.65. The first kappa shape index (κ1) is 19.3. The van der Waals surface area contributed by atoms with Gasteiger partial charge < -0.3 is 19.5 Å². The monoisotopic (exact) mass is 385 g/mol. The summed E-state index contributed by atoms with van der Waals surface area (Å²) in [4.78, 5) is 49.1. The maximum atomic E-state index is 12.9. The van der Waals surface area contributed by atoms with E-state index in [1.54, 1.807) is 0 Å². The number of carbonyl (C=O) groups is 4. The second-order valence-electron chi connectivity index (χ2n) is 5.16. The molecule has 1 unspecified atom stereocenters. The van der Waals surface area contributed by atoms with Crippen molar-refractivity contribution in [1.82, 2.24) is 10.4 Å². The van der Waals surface area contributed by atoms with Gasteiger partial charge in [-0.25, -0.2) is 20.0 Å². The van der Waals surface area contributed by atoms with Gasteiger partial charge in [-0.15, -0.1) is 0 Å². The minimum absolute atomic E-state index is 0.0679. The Hall–Kier alpha value is -3.01. The summed E-state index contributed by atoms with van der Waals surface area (Å²) < 4.78 is 13.8. The molecule has 0 spiro atoms. The summed E-state index contributed by atoms with van der Waals surface area (Å²) in [6.07, 6.45) is -1.68. The third-order valence-electron chi connectivity index (χ3n) is 3.68. The van der Waals surface area contributed by atoms with Crippen molar-refractivity contribution < 1.29 is 33.4 Å². The van der Waals surface area contributed by atoms with Gasteiger partial charge in [-0.1, -0.05) is 11.6 Å². The zero-order valence-electron chi connectivity index (χ0n) is 14.1. The molecule has 2 amide bonds. The van der Waals surface area contributed by atoms with Gasteiger partial charge in [0.15, 0.2) is 0 Å². The van der Waals surface area contributed by atoms with E-state index in [4.69, 9.17) is 16.3 Å². The van der Waals surface area contributed by atoms with Crippen LogP contribution in [-0.2, 0) is 23.8 Å². The van der Waals surface area contributed by atoms with Crippen LogP contribution in [0.1, 0.15) is 16.8 Å². The average Bonchev–Trinajstić information content (AvgIpc) is 2.64. The number of amides is 2. The first-order valence-corrected chi connectivity index (χ1v) is 7.59. The van der Waals surface area contributed by atoms with Gasteiger partial charge in [0.25, 0.3) is 5.91 Å². The highest BCUT2D eigenvalue weighted by Gasteiger charge is 2.54. The normalized spacial score (nSPS) is 18.3. The lowest BCUT2D eigenvalue weighted by atomic mass is 9.97. The molecule has 140 valence electrons. The number of esters is 2. The minimum atomic E-state index is -2.09. The molecule has 26 heavy (non-hydrogen) atoms. The highest BCUT2D eigenvalue weighted by molar-refractivity contribution is 6.31. The molecule has 1 aromatic rings. The van der Waals surface area contributed by atoms with Gasteiger partial charge in [-0.3, -0.25) is 9.59 Å². The largest absolute Gasteiger partial charge is 0.469 e. The van der Waals surface area contributed by atoms with E-state index >= 15 is 0 Å². The fraction of sp³-hybridized carbons (Fsp3) is 0.333. The van der Waals surface area contributed by atoms with Crippen molar-refractivity contribution in [1.29, 1.82) is 0 Å². The van der Waals surface area contributed by atoms with Crippen LogP contribution < -0.4 is 10.7 Å². The summed E-state index contributed by atoms with van der Waals surface area (Å²) in [5.74, 6) is -2.64. The minimum Gasteiger partial charge on any atom is -0.469 e. The molecular formula is C15H16ClN3O7. The second kappa shape index (κ2) is 7.48. The second-order valence-corrected chi connectivity index (χ2v) is 5.60. The zero-order chi connectivity index (χ0) is 19.5. The summed E-state index contributed by atoms with van der Waals surface area (Å²) >= 11 is 5.91. The van der Waals surface area contributed by atoms with E-state index < -0.39 is 36.0 Å². The van der Waals surface area contributed by atoms with Gasteiger partial charge in [0.05, 0.1) is 26.9 Å². The third kappa shape index (κ3) is 3.36. The van der Waals surface area contributed by atoms with Crippen LogP contribution in [0.15, 0.2) is 18.2 Å². The number of nitrogens with one attached hydrogen (secondary N) is 2. The summed E-state index contributed by atoms with van der Waals surface area (Å²) in [6.45, 7) is 0. The highest BCUT2D eigenvalue weighted by atomic mass is 35.5. The van der Waals surface area contributed by atoms with Crippen LogP contribution in [0.4, 0.5) is 10.5 Å². The number of hydrogen-bond donors (Lipinski definition) is 2. The van der Waals surface area contributed by atoms with Crippen molar-refractivity contribution in [2.75, 3.05) is 26.6 Å². The number of methoxy groups -OCH3 is 3. The molecule has 2 rings (SSSR count). The van der Waals surface area contributed by atoms with E-state index in [-0.39, 0.29) is 16.3 Å². The maximum Gasteiger partial charge on any atom is 0.426 e. The molecule has 1 atom stereocenters. The number of anilines is 1. The molecule has 0 aliphatic carbocycles. The van der Waals surface area contributed by atoms with Gasteiger partial charge >= 0.3 is 18.0 Å². The van der Waals surface area contributed by atoms with Crippen molar-refractivity contribution in [3.8, 4) is 0 Å². The number of ether oxygens (including phenoxy) is 3. The molecule has 1 aliphatic rings. The van der Waals surface area contributed by atoms with E-state index in [1.807, 2.05) is 0 Å². The Morgan fingerprint density at radius 1 is 1.19 bits per heavy atom. The molecule has 0 aromatic heterocycles. The van der Waals surface area contributed by atoms with E-state index in [9.17, 15) is 19.2 Å². The number of hydrazine groups is 1. The number of carbonyl (C=O) groups excluding carboxylic acids is 4. The van der Waals surface area contributed by atoms with Crippen molar-refractivity contribution in [3.63, 3.8) is 0 Å². The highest BCUT2D eigenvalue weighted by Crippen LogP contribution is 2.35. The van der Waals surface area contributed by atoms with Gasteiger partial charge in [-0.05, 0) is 18.2 Å². The Bertz CT molecular complexity index is 770. The summed E-state index contributed by atoms with van der Waals surface area (Å²) in [5.41, 5.74) is 0.320. The van der Waals surface area contributed by atoms with Crippen LogP contribution in [0.2, 0.25) is 5.02 Å². The first-order chi connectivity index (χ1) is 12.3. The number of rotatable bonds is 4. The Balaban J connectivity index is 2.64. The van der Waals surface area contributed by atoms with Crippen molar-refractivity contribution in [3.05, 3.63) is 28.8 Å². The van der Waals surface area contributed by atoms with Crippen molar-refractivity contribution in [2.24, 2.45) is 0 Å². The predicted molar refractivity (Wildman–Crippen MR) is 88.2 cm³/mol. The number of hydrogen-bond acceptors (Lipinski definition) is 8. The lowest BCUT2D eigenvalue weighted by Gasteiger charge is -2.44. The number of halogens is 1. The van der Waals surface area contributed by atoms with Crippen LogP contribution in [-0.4, -0.2) is 55.9 Å². The number of benzene rings is 1. The van der Waals surface area contributed by atoms with Crippen LogP contribution in [0.3, 0.4) is 0 Å². The average molecular weight is 386 g/mol. The molecule has 0 saturated carbocycles. The SMILES string of the molecule is COC(=O)CC1(C(=O)OC)Nc2ccc(Cl)cc2C(=O)N1NC(=O)OC. The molecule has 11 heteroatoms. The first-order valence-electron chi connectivity index (χ1n) is 7.21. The van der Waals surface area contributed by atoms with Gasteiger partial charge in [-0.2, -0.15) is 0 Å². The zero-order valence-corrected chi connectivity index (χ0v) is 14.9. The van der Waals surface area contributed by atoms with Gasteiger partial charge in [0.2, 0.25) is 5.66 Å². The molecule has 0 fully saturated rings. The number of fused-ring (bicyclic) bond motifs is 1. The molecule has 1 aromatic carbocycles. The topological polar surface area (TPSA) is 123 Å². The fourth-order valence-electron chi connectivity index (χ4n) is 2.45. The lowest BCUT2D eigenvalue weighted by molar-refractivity contribution is -0.160. The van der Waals surface area contributed by atoms with E-state index in [2.05, 4.69) is 20.2 Å². The van der Waals surface area contributed by atoms with Crippen LogP contribution in [0.5, 0.6) is 0 Å². The number of nitrogens with zero attached hydrogens (tertiary/aromatic N) is 1. The van der Waals surface area contributed by atoms with Crippen molar-refractivity contribution in [2.45, 2.75) is 12.1 Å². The summed E-state index contributed by atoms with van der Waals surface area (Å²) in [7, 11) is 3.26. The van der Waals surface area contributed by atoms with Gasteiger partial charge in [0, 0.05) is 10.7 Å². The molecule has 0 radical (unpaired) electrons. The Labute approximate surface area is 153 Å². The van der Waals surface area contributed by atoms with E-state index in [0.29, 0.717) is 5.01 Å². The van der Waals surface area contributed by atoms with Crippen molar-refractivity contribution >= 4 is 41.2 Å². The van der Waals surface area contributed by atoms with Gasteiger partial charge in [0.1, 0.15) is 6.42 Å². The smallest absolute Gasteiger partial charge is 0.426 e. The van der Waals surface area contributed by atoms with E-state index in [0.717, 1.165) is 21.3 Å². The molecule has 0 bridgehead atoms. The van der Waals surface area contributed by atoms with E-state index in [1.165, 1.54) is 18.2 Å². The molecule has 0 saturated heterocycles. The maximum absolute atomic E-state index is 12.9. The van der Waals surface area contributed by atoms with Crippen LogP contribution in [0.25, 0.3) is 0 Å². The van der Waals surface area contributed by atoms with Crippen LogP contribution in [0, 0.1) is 0 Å². The summed E-state index contributed by atoms with van der Waals surface area (Å²) in [6, 6.07) is 4.29. The third-order valence-corrected chi connectivity index (χ3v) is 3.91. The predicted octanol–water partition coefficient (Wildman–Crippen LogP) is 0.911. The Morgan fingerprint density at radius 2 is 1.88 bits per heavy atom. The molecule has 1 heterocycles. The molecule has 10 nitrogen and oxygen atoms in total. The quantitative estimate of drug-likeness (QED) is 0.579. The fourth-order valence-corrected chi connectivity index (χ4v) is 2.62. The van der Waals surface area contributed by atoms with Crippen LogP contribution >= 0.6 is 11.6 Å². The molecular weight excluding hydrogens is 370 g/mol. The Morgan fingerprint density at radius 3 is 2.46 bits per heavy atom.